The Balaban J connectivity index is 2.71. The van der Waals surface area contributed by atoms with Gasteiger partial charge in [0, 0.05) is 7.11 Å². The number of carboxylic acids is 1. The molecule has 0 spiro atoms. The third-order valence-corrected chi connectivity index (χ3v) is 3.42. The highest BCUT2D eigenvalue weighted by Crippen LogP contribution is 2.23. The van der Waals surface area contributed by atoms with Crippen molar-refractivity contribution in [3.8, 4) is 0 Å². The molecule has 0 amide bonds. The van der Waals surface area contributed by atoms with Crippen molar-refractivity contribution in [2.45, 2.75) is 19.9 Å². The van der Waals surface area contributed by atoms with Crippen molar-refractivity contribution in [1.82, 2.24) is 9.55 Å². The zero-order valence-corrected chi connectivity index (χ0v) is 11.7. The number of fused-ring (bicyclic) bond motifs is 1. The predicted molar refractivity (Wildman–Crippen MR) is 75.3 cm³/mol. The van der Waals surface area contributed by atoms with Crippen molar-refractivity contribution in [3.05, 3.63) is 34.2 Å². The molecule has 0 aliphatic carbocycles. The molecule has 1 aromatic heterocycles. The second kappa shape index (κ2) is 5.50. The van der Waals surface area contributed by atoms with Crippen molar-refractivity contribution in [2.24, 2.45) is 5.92 Å². The summed E-state index contributed by atoms with van der Waals surface area (Å²) >= 11 is 0. The Hall–Kier alpha value is -2.08. The highest BCUT2D eigenvalue weighted by atomic mass is 16.5. The van der Waals surface area contributed by atoms with Gasteiger partial charge in [-0.15, -0.1) is 0 Å². The van der Waals surface area contributed by atoms with Crippen LogP contribution in [0.3, 0.4) is 0 Å². The van der Waals surface area contributed by atoms with Gasteiger partial charge in [0.05, 0.1) is 29.2 Å². The van der Waals surface area contributed by atoms with E-state index in [1.54, 1.807) is 23.8 Å². The van der Waals surface area contributed by atoms with E-state index in [2.05, 4.69) is 4.98 Å². The first kappa shape index (κ1) is 14.3. The van der Waals surface area contributed by atoms with Gasteiger partial charge >= 0.3 is 11.7 Å². The number of carbonyl (C=O) groups is 1. The van der Waals surface area contributed by atoms with Crippen LogP contribution in [-0.2, 0) is 4.74 Å². The van der Waals surface area contributed by atoms with Crippen molar-refractivity contribution < 1.29 is 14.6 Å². The van der Waals surface area contributed by atoms with Crippen molar-refractivity contribution in [1.29, 1.82) is 0 Å². The third-order valence-electron chi connectivity index (χ3n) is 3.42. The first-order chi connectivity index (χ1) is 9.47. The van der Waals surface area contributed by atoms with Crippen LogP contribution in [0.4, 0.5) is 0 Å². The molecule has 0 aliphatic heterocycles. The summed E-state index contributed by atoms with van der Waals surface area (Å²) in [5.41, 5.74) is 0.722. The highest BCUT2D eigenvalue weighted by molar-refractivity contribution is 6.00. The number of methoxy groups -OCH3 is 1. The number of H-pyrrole nitrogens is 1. The van der Waals surface area contributed by atoms with Gasteiger partial charge in [-0.1, -0.05) is 19.9 Å². The summed E-state index contributed by atoms with van der Waals surface area (Å²) < 4.78 is 6.76. The summed E-state index contributed by atoms with van der Waals surface area (Å²) in [7, 11) is 1.58. The fourth-order valence-corrected chi connectivity index (χ4v) is 2.39. The Kier molecular flexibility index (Phi) is 3.94. The van der Waals surface area contributed by atoms with E-state index >= 15 is 0 Å². The number of imidazole rings is 1. The molecule has 1 heterocycles. The number of nitrogens with one attached hydrogen (secondary N) is 1. The smallest absolute Gasteiger partial charge is 0.337 e. The molecule has 2 N–H and O–H groups in total. The SMILES string of the molecule is COCC(C(C)C)n1c(=O)[nH]c2c(C(=O)O)cccc21. The van der Waals surface area contributed by atoms with Gasteiger partial charge in [0.15, 0.2) is 0 Å². The van der Waals surface area contributed by atoms with E-state index in [-0.39, 0.29) is 23.2 Å². The molecular formula is C14H18N2O4. The van der Waals surface area contributed by atoms with Crippen molar-refractivity contribution in [3.63, 3.8) is 0 Å². The molecule has 0 fully saturated rings. The van der Waals surface area contributed by atoms with Crippen LogP contribution in [-0.4, -0.2) is 34.3 Å². The number of nitrogens with zero attached hydrogens (tertiary/aromatic N) is 1. The number of aromatic nitrogens is 2. The van der Waals surface area contributed by atoms with E-state index in [1.165, 1.54) is 6.07 Å². The van der Waals surface area contributed by atoms with Crippen molar-refractivity contribution >= 4 is 17.0 Å². The maximum atomic E-state index is 12.2. The first-order valence-electron chi connectivity index (χ1n) is 6.42. The summed E-state index contributed by atoms with van der Waals surface area (Å²) in [6.07, 6.45) is 0. The number of hydrogen-bond donors (Lipinski definition) is 2. The van der Waals surface area contributed by atoms with Gasteiger partial charge in [0.25, 0.3) is 0 Å². The Labute approximate surface area is 116 Å². The molecule has 0 saturated heterocycles. The number of rotatable bonds is 5. The molecule has 1 unspecified atom stereocenters. The Morgan fingerprint density at radius 1 is 1.45 bits per heavy atom. The van der Waals surface area contributed by atoms with Gasteiger partial charge in [-0.25, -0.2) is 9.59 Å². The Bertz CT molecular complexity index is 684. The summed E-state index contributed by atoms with van der Waals surface area (Å²) in [4.78, 5) is 26.0. The van der Waals surface area contributed by atoms with Crippen LogP contribution in [0.25, 0.3) is 11.0 Å². The fraction of sp³-hybridized carbons (Fsp3) is 0.429. The van der Waals surface area contributed by atoms with Crippen LogP contribution in [0.1, 0.15) is 30.2 Å². The predicted octanol–water partition coefficient (Wildman–Crippen LogP) is 1.87. The van der Waals surface area contributed by atoms with Crippen LogP contribution < -0.4 is 5.69 Å². The maximum absolute atomic E-state index is 12.2. The van der Waals surface area contributed by atoms with Crippen molar-refractivity contribution in [2.75, 3.05) is 13.7 Å². The number of hydrogen-bond acceptors (Lipinski definition) is 3. The molecule has 0 saturated carbocycles. The zero-order chi connectivity index (χ0) is 14.9. The molecule has 0 bridgehead atoms. The molecule has 6 heteroatoms. The molecule has 20 heavy (non-hydrogen) atoms. The summed E-state index contributed by atoms with van der Waals surface area (Å²) in [6.45, 7) is 4.38. The summed E-state index contributed by atoms with van der Waals surface area (Å²) in [5, 5.41) is 9.18. The van der Waals surface area contributed by atoms with E-state index in [1.807, 2.05) is 13.8 Å². The molecule has 0 aliphatic rings. The Morgan fingerprint density at radius 3 is 2.70 bits per heavy atom. The number of carboxylic acid groups (broad SMARTS) is 1. The average Bonchev–Trinajstić information content (AvgIpc) is 2.71. The lowest BCUT2D eigenvalue weighted by molar-refractivity contribution is 0.0699. The zero-order valence-electron chi connectivity index (χ0n) is 11.7. The second-order valence-corrected chi connectivity index (χ2v) is 5.07. The van der Waals surface area contributed by atoms with Gasteiger partial charge in [0.2, 0.25) is 0 Å². The lowest BCUT2D eigenvalue weighted by atomic mass is 10.0. The molecule has 108 valence electrons. The topological polar surface area (TPSA) is 84.3 Å². The second-order valence-electron chi connectivity index (χ2n) is 5.07. The van der Waals surface area contributed by atoms with Gasteiger partial charge in [-0.05, 0) is 18.1 Å². The molecule has 1 atom stereocenters. The van der Waals surface area contributed by atoms with Crippen LogP contribution in [0.15, 0.2) is 23.0 Å². The number of benzene rings is 1. The highest BCUT2D eigenvalue weighted by Gasteiger charge is 2.22. The Morgan fingerprint density at radius 2 is 2.15 bits per heavy atom. The fourth-order valence-electron chi connectivity index (χ4n) is 2.39. The van der Waals surface area contributed by atoms with Gasteiger partial charge in [-0.2, -0.15) is 0 Å². The van der Waals surface area contributed by atoms with Gasteiger partial charge in [-0.3, -0.25) is 4.57 Å². The largest absolute Gasteiger partial charge is 0.478 e. The molecule has 1 aromatic carbocycles. The number of aromatic amines is 1. The molecule has 2 rings (SSSR count). The van der Waals surface area contributed by atoms with E-state index in [9.17, 15) is 14.7 Å². The summed E-state index contributed by atoms with van der Waals surface area (Å²) in [5.74, 6) is -0.878. The normalized spacial score (nSPS) is 13.0. The van der Waals surface area contributed by atoms with E-state index in [0.717, 1.165) is 0 Å². The molecule has 6 nitrogen and oxygen atoms in total. The molecule has 0 radical (unpaired) electrons. The van der Waals surface area contributed by atoms with E-state index in [0.29, 0.717) is 17.6 Å². The third kappa shape index (κ3) is 2.34. The minimum Gasteiger partial charge on any atom is -0.478 e. The monoisotopic (exact) mass is 278 g/mol. The number of para-hydroxylation sites is 1. The first-order valence-corrected chi connectivity index (χ1v) is 6.42. The standard InChI is InChI=1S/C14H18N2O4/c1-8(2)11(7-20-3)16-10-6-4-5-9(13(17)18)12(10)15-14(16)19/h4-6,8,11H,7H2,1-3H3,(H,15,19)(H,17,18). The van der Waals surface area contributed by atoms with Crippen LogP contribution >= 0.6 is 0 Å². The van der Waals surface area contributed by atoms with Gasteiger partial charge in [0.1, 0.15) is 0 Å². The minimum absolute atomic E-state index is 0.0956. The molecule has 2 aromatic rings. The number of ether oxygens (including phenoxy) is 1. The quantitative estimate of drug-likeness (QED) is 0.874. The average molecular weight is 278 g/mol. The van der Waals surface area contributed by atoms with E-state index in [4.69, 9.17) is 4.74 Å². The van der Waals surface area contributed by atoms with Crippen LogP contribution in [0.2, 0.25) is 0 Å². The van der Waals surface area contributed by atoms with Gasteiger partial charge < -0.3 is 14.8 Å². The van der Waals surface area contributed by atoms with E-state index < -0.39 is 5.97 Å². The lowest BCUT2D eigenvalue weighted by Crippen LogP contribution is -2.28. The van der Waals surface area contributed by atoms with Crippen LogP contribution in [0, 0.1) is 5.92 Å². The lowest BCUT2D eigenvalue weighted by Gasteiger charge is -2.21. The molecular weight excluding hydrogens is 260 g/mol. The number of aromatic carboxylic acids is 1. The minimum atomic E-state index is -1.06. The maximum Gasteiger partial charge on any atom is 0.337 e. The summed E-state index contributed by atoms with van der Waals surface area (Å²) in [6, 6.07) is 4.71. The van der Waals surface area contributed by atoms with Crippen LogP contribution in [0.5, 0.6) is 0 Å².